The number of hydrogen-bond acceptors (Lipinski definition) is 6. The molecule has 0 fully saturated rings. The Kier molecular flexibility index (Phi) is 4.45. The van der Waals surface area contributed by atoms with E-state index in [1.165, 1.54) is 24.3 Å². The van der Waals surface area contributed by atoms with Crippen molar-refractivity contribution in [3.8, 4) is 0 Å². The van der Waals surface area contributed by atoms with Gasteiger partial charge in [-0.1, -0.05) is 11.6 Å². The Morgan fingerprint density at radius 2 is 2.00 bits per heavy atom. The van der Waals surface area contributed by atoms with Crippen molar-refractivity contribution in [1.82, 2.24) is 14.9 Å². The predicted molar refractivity (Wildman–Crippen MR) is 80.8 cm³/mol. The van der Waals surface area contributed by atoms with Crippen LogP contribution in [-0.2, 0) is 15.6 Å². The fraction of sp³-hybridized carbons (Fsp3) is 0.182. The zero-order valence-corrected chi connectivity index (χ0v) is 13.0. The van der Waals surface area contributed by atoms with Crippen LogP contribution in [0.3, 0.4) is 0 Å². The van der Waals surface area contributed by atoms with Crippen molar-refractivity contribution in [3.05, 3.63) is 45.4 Å². The average Bonchev–Trinajstić information content (AvgIpc) is 2.70. The molecule has 1 aromatic heterocycles. The topological polar surface area (TPSA) is 111 Å². The highest BCUT2D eigenvalue weighted by atomic mass is 35.5. The number of H-pyrrole nitrogens is 1. The van der Waals surface area contributed by atoms with Gasteiger partial charge in [-0.05, 0) is 36.5 Å². The van der Waals surface area contributed by atoms with Crippen molar-refractivity contribution in [2.45, 2.75) is 5.75 Å². The Balaban J connectivity index is 2.14. The second-order valence-corrected chi connectivity index (χ2v) is 7.16. The summed E-state index contributed by atoms with van der Waals surface area (Å²) in [6.07, 6.45) is 0. The number of nitrogens with zero attached hydrogens (tertiary/aromatic N) is 2. The number of nitrogens with one attached hydrogen (secondary N) is 1. The van der Waals surface area contributed by atoms with Crippen LogP contribution < -0.4 is 5.84 Å². The molecule has 7 nitrogen and oxygen atoms in total. The van der Waals surface area contributed by atoms with Crippen LogP contribution in [-0.4, -0.2) is 34.8 Å². The third kappa shape index (κ3) is 3.90. The third-order valence-corrected chi connectivity index (χ3v) is 4.58. The third-order valence-electron chi connectivity index (χ3n) is 2.64. The summed E-state index contributed by atoms with van der Waals surface area (Å²) in [6, 6.07) is 5.98. The van der Waals surface area contributed by atoms with E-state index in [4.69, 9.17) is 29.7 Å². The number of halogens is 1. The van der Waals surface area contributed by atoms with Gasteiger partial charge in [-0.25, -0.2) is 13.1 Å². The normalized spacial score (nSPS) is 11.5. The van der Waals surface area contributed by atoms with Crippen LogP contribution >= 0.6 is 23.8 Å². The lowest BCUT2D eigenvalue weighted by Crippen LogP contribution is -2.22. The number of hydrogen-bond donors (Lipinski definition) is 2. The predicted octanol–water partition coefficient (Wildman–Crippen LogP) is 1.11. The Bertz CT molecular complexity index is 824. The SMILES string of the molecule is Nn1c(CS(=O)(=O)CC(=O)c2ccc(Cl)cc2)n[nH]c1=S. The lowest BCUT2D eigenvalue weighted by Gasteiger charge is -2.04. The second kappa shape index (κ2) is 5.96. The number of aromatic amines is 1. The summed E-state index contributed by atoms with van der Waals surface area (Å²) in [4.78, 5) is 11.9. The molecule has 0 saturated carbocycles. The number of Topliss-reactive ketones (excluding diaryl/α,β-unsaturated/α-hetero) is 1. The van der Waals surface area contributed by atoms with Gasteiger partial charge in [0.15, 0.2) is 21.4 Å². The number of ketones is 1. The Morgan fingerprint density at radius 3 is 2.52 bits per heavy atom. The fourth-order valence-electron chi connectivity index (χ4n) is 1.61. The van der Waals surface area contributed by atoms with E-state index in [1.54, 1.807) is 0 Å². The van der Waals surface area contributed by atoms with E-state index in [1.807, 2.05) is 0 Å². The highest BCUT2D eigenvalue weighted by Crippen LogP contribution is 2.12. The highest BCUT2D eigenvalue weighted by Gasteiger charge is 2.21. The van der Waals surface area contributed by atoms with E-state index in [-0.39, 0.29) is 16.2 Å². The molecule has 0 aliphatic rings. The molecule has 0 aliphatic carbocycles. The van der Waals surface area contributed by atoms with Crippen molar-refractivity contribution >= 4 is 39.4 Å². The maximum atomic E-state index is 12.0. The first-order valence-electron chi connectivity index (χ1n) is 5.69. The van der Waals surface area contributed by atoms with Gasteiger partial charge in [-0.2, -0.15) is 5.10 Å². The smallest absolute Gasteiger partial charge is 0.214 e. The number of sulfone groups is 1. The number of aromatic nitrogens is 3. The van der Waals surface area contributed by atoms with Crippen LogP contribution in [0.15, 0.2) is 24.3 Å². The summed E-state index contributed by atoms with van der Waals surface area (Å²) in [5.41, 5.74) is 0.273. The molecule has 0 saturated heterocycles. The molecule has 112 valence electrons. The summed E-state index contributed by atoms with van der Waals surface area (Å²) in [6.45, 7) is 0. The molecule has 0 aliphatic heterocycles. The molecule has 0 unspecified atom stereocenters. The lowest BCUT2D eigenvalue weighted by molar-refractivity contribution is 0.102. The van der Waals surface area contributed by atoms with Gasteiger partial charge in [0, 0.05) is 10.6 Å². The molecule has 1 heterocycles. The Labute approximate surface area is 130 Å². The van der Waals surface area contributed by atoms with Gasteiger partial charge in [0.25, 0.3) is 0 Å². The molecule has 2 rings (SSSR count). The van der Waals surface area contributed by atoms with Gasteiger partial charge in [0.05, 0.1) is 0 Å². The van der Waals surface area contributed by atoms with Crippen LogP contribution in [0, 0.1) is 4.77 Å². The van der Waals surface area contributed by atoms with Gasteiger partial charge in [0.1, 0.15) is 11.5 Å². The molecule has 0 amide bonds. The molecule has 21 heavy (non-hydrogen) atoms. The zero-order chi connectivity index (χ0) is 15.6. The summed E-state index contributed by atoms with van der Waals surface area (Å²) >= 11 is 10.5. The molecule has 1 aromatic carbocycles. The van der Waals surface area contributed by atoms with Gasteiger partial charge in [-0.15, -0.1) is 0 Å². The summed E-state index contributed by atoms with van der Waals surface area (Å²) in [5.74, 6) is 3.92. The van der Waals surface area contributed by atoms with Crippen molar-refractivity contribution in [2.24, 2.45) is 0 Å². The molecule has 0 bridgehead atoms. The molecular weight excluding hydrogens is 336 g/mol. The van der Waals surface area contributed by atoms with Crippen LogP contribution in [0.1, 0.15) is 16.2 Å². The maximum Gasteiger partial charge on any atom is 0.214 e. The number of carbonyl (C=O) groups excluding carboxylic acids is 1. The molecule has 2 aromatic rings. The van der Waals surface area contributed by atoms with E-state index in [2.05, 4.69) is 10.2 Å². The molecular formula is C11H11ClN4O3S2. The summed E-state index contributed by atoms with van der Waals surface area (Å²) in [7, 11) is -3.71. The van der Waals surface area contributed by atoms with Crippen molar-refractivity contribution in [3.63, 3.8) is 0 Å². The van der Waals surface area contributed by atoms with Gasteiger partial charge >= 0.3 is 0 Å². The first kappa shape index (κ1) is 15.7. The van der Waals surface area contributed by atoms with Crippen molar-refractivity contribution < 1.29 is 13.2 Å². The maximum absolute atomic E-state index is 12.0. The van der Waals surface area contributed by atoms with E-state index in [0.717, 1.165) is 4.68 Å². The minimum atomic E-state index is -3.71. The van der Waals surface area contributed by atoms with Crippen molar-refractivity contribution in [1.29, 1.82) is 0 Å². The summed E-state index contributed by atoms with van der Waals surface area (Å²) < 4.78 is 25.1. The van der Waals surface area contributed by atoms with Gasteiger partial charge < -0.3 is 5.84 Å². The Hall–Kier alpha value is -1.71. The molecule has 0 spiro atoms. The molecule has 10 heteroatoms. The number of nitrogen functional groups attached to an aromatic ring is 1. The van der Waals surface area contributed by atoms with E-state index in [0.29, 0.717) is 5.02 Å². The van der Waals surface area contributed by atoms with Gasteiger partial charge in [-0.3, -0.25) is 9.89 Å². The minimum Gasteiger partial charge on any atom is -0.335 e. The number of benzene rings is 1. The van der Waals surface area contributed by atoms with Crippen molar-refractivity contribution in [2.75, 3.05) is 11.6 Å². The van der Waals surface area contributed by atoms with E-state index in [9.17, 15) is 13.2 Å². The fourth-order valence-corrected chi connectivity index (χ4v) is 3.15. The van der Waals surface area contributed by atoms with Crippen LogP contribution in [0.25, 0.3) is 0 Å². The molecule has 3 N–H and O–H groups in total. The molecule has 0 radical (unpaired) electrons. The van der Waals surface area contributed by atoms with E-state index >= 15 is 0 Å². The highest BCUT2D eigenvalue weighted by molar-refractivity contribution is 7.91. The average molecular weight is 347 g/mol. The van der Waals surface area contributed by atoms with Gasteiger partial charge in [0.2, 0.25) is 4.77 Å². The van der Waals surface area contributed by atoms with E-state index < -0.39 is 27.1 Å². The second-order valence-electron chi connectivity index (χ2n) is 4.28. The molecule has 0 atom stereocenters. The monoisotopic (exact) mass is 346 g/mol. The summed E-state index contributed by atoms with van der Waals surface area (Å²) in [5, 5.41) is 6.55. The Morgan fingerprint density at radius 1 is 1.38 bits per heavy atom. The minimum absolute atomic E-state index is 0.0453. The largest absolute Gasteiger partial charge is 0.335 e. The van der Waals surface area contributed by atoms with Crippen LogP contribution in [0.5, 0.6) is 0 Å². The lowest BCUT2D eigenvalue weighted by atomic mass is 10.1. The first-order chi connectivity index (χ1) is 9.78. The number of nitrogens with two attached hydrogens (primary N) is 1. The number of carbonyl (C=O) groups is 1. The standard InChI is InChI=1S/C11H11ClN4O3S2/c12-8-3-1-7(2-4-8)9(17)5-21(18,19)6-10-14-15-11(20)16(10)13/h1-4H,5-6,13H2,(H,15,20). The number of rotatable bonds is 5. The first-order valence-corrected chi connectivity index (χ1v) is 8.30. The zero-order valence-electron chi connectivity index (χ0n) is 10.6. The quantitative estimate of drug-likeness (QED) is 0.476. The van der Waals surface area contributed by atoms with Crippen LogP contribution in [0.4, 0.5) is 0 Å². The van der Waals surface area contributed by atoms with Crippen LogP contribution in [0.2, 0.25) is 5.02 Å².